The molecule has 3 nitrogen and oxygen atoms in total. The van der Waals surface area contributed by atoms with Gasteiger partial charge in [-0.3, -0.25) is 4.79 Å². The zero-order valence-corrected chi connectivity index (χ0v) is 12.1. The Hall–Kier alpha value is -2.55. The van der Waals surface area contributed by atoms with Gasteiger partial charge in [0, 0.05) is 11.3 Å². The molecule has 1 amide bonds. The molecule has 0 saturated heterocycles. The van der Waals surface area contributed by atoms with Crippen molar-refractivity contribution in [3.8, 4) is 5.75 Å². The van der Waals surface area contributed by atoms with Gasteiger partial charge in [0.25, 0.3) is 5.91 Å². The number of carbonyl (C=O) groups is 1. The Morgan fingerprint density at radius 2 is 1.76 bits per heavy atom. The molecule has 0 radical (unpaired) electrons. The summed E-state index contributed by atoms with van der Waals surface area (Å²) in [6.07, 6.45) is 1.89. The van der Waals surface area contributed by atoms with Crippen molar-refractivity contribution < 1.29 is 9.53 Å². The molecular formula is C18H17NO2. The Morgan fingerprint density at radius 3 is 2.52 bits per heavy atom. The number of aryl methyl sites for hydroxylation is 2. The Kier molecular flexibility index (Phi) is 3.48. The summed E-state index contributed by atoms with van der Waals surface area (Å²) in [5.41, 5.74) is 4.57. The first kappa shape index (κ1) is 13.4. The van der Waals surface area contributed by atoms with Crippen LogP contribution < -0.4 is 10.1 Å². The third-order valence-corrected chi connectivity index (χ3v) is 3.64. The first-order chi connectivity index (χ1) is 10.1. The van der Waals surface area contributed by atoms with Gasteiger partial charge in [0.2, 0.25) is 0 Å². The first-order valence-corrected chi connectivity index (χ1v) is 6.95. The highest BCUT2D eigenvalue weighted by Crippen LogP contribution is 2.27. The molecule has 106 valence electrons. The summed E-state index contributed by atoms with van der Waals surface area (Å²) in [5, 5.41) is 2.99. The second-order valence-corrected chi connectivity index (χ2v) is 5.22. The van der Waals surface area contributed by atoms with E-state index in [0.29, 0.717) is 12.2 Å². The molecule has 0 spiro atoms. The Morgan fingerprint density at radius 1 is 1.05 bits per heavy atom. The van der Waals surface area contributed by atoms with Gasteiger partial charge in [0.1, 0.15) is 12.4 Å². The Balaban J connectivity index is 1.86. The van der Waals surface area contributed by atoms with Crippen LogP contribution in [0.2, 0.25) is 0 Å². The standard InChI is InChI=1S/C18H17NO2/c1-12-6-5-7-13(2)17(12)19-18(20)15-10-14-8-3-4-9-16(14)21-11-15/h3-10H,11H2,1-2H3,(H,19,20). The maximum absolute atomic E-state index is 12.4. The van der Waals surface area contributed by atoms with Gasteiger partial charge in [0.15, 0.2) is 0 Å². The van der Waals surface area contributed by atoms with Gasteiger partial charge in [0.05, 0.1) is 5.57 Å². The topological polar surface area (TPSA) is 38.3 Å². The normalized spacial score (nSPS) is 13.0. The van der Waals surface area contributed by atoms with Crippen molar-refractivity contribution in [1.82, 2.24) is 0 Å². The van der Waals surface area contributed by atoms with Crippen molar-refractivity contribution in [1.29, 1.82) is 0 Å². The van der Waals surface area contributed by atoms with E-state index in [0.717, 1.165) is 28.1 Å². The van der Waals surface area contributed by atoms with E-state index in [4.69, 9.17) is 4.74 Å². The highest BCUT2D eigenvalue weighted by Gasteiger charge is 2.18. The van der Waals surface area contributed by atoms with Crippen LogP contribution in [0.3, 0.4) is 0 Å². The van der Waals surface area contributed by atoms with Gasteiger partial charge in [-0.25, -0.2) is 0 Å². The van der Waals surface area contributed by atoms with E-state index in [1.165, 1.54) is 0 Å². The molecule has 1 aliphatic rings. The van der Waals surface area contributed by atoms with Gasteiger partial charge >= 0.3 is 0 Å². The number of hydrogen-bond acceptors (Lipinski definition) is 2. The predicted molar refractivity (Wildman–Crippen MR) is 84.5 cm³/mol. The van der Waals surface area contributed by atoms with Crippen molar-refractivity contribution >= 4 is 17.7 Å². The summed E-state index contributed by atoms with van der Waals surface area (Å²) in [7, 11) is 0. The Labute approximate surface area is 124 Å². The van der Waals surface area contributed by atoms with Crippen molar-refractivity contribution in [3.63, 3.8) is 0 Å². The van der Waals surface area contributed by atoms with E-state index in [1.807, 2.05) is 62.4 Å². The summed E-state index contributed by atoms with van der Waals surface area (Å²) in [5.74, 6) is 0.711. The quantitative estimate of drug-likeness (QED) is 0.910. The third-order valence-electron chi connectivity index (χ3n) is 3.64. The number of anilines is 1. The van der Waals surface area contributed by atoms with Crippen LogP contribution in [-0.2, 0) is 4.79 Å². The molecule has 1 aliphatic heterocycles. The molecule has 0 bridgehead atoms. The molecule has 2 aromatic carbocycles. The van der Waals surface area contributed by atoms with E-state index >= 15 is 0 Å². The van der Waals surface area contributed by atoms with Crippen LogP contribution in [0.4, 0.5) is 5.69 Å². The average Bonchev–Trinajstić information content (AvgIpc) is 2.50. The van der Waals surface area contributed by atoms with E-state index in [2.05, 4.69) is 5.32 Å². The number of amides is 1. The number of rotatable bonds is 2. The van der Waals surface area contributed by atoms with Crippen LogP contribution >= 0.6 is 0 Å². The minimum atomic E-state index is -0.109. The lowest BCUT2D eigenvalue weighted by Crippen LogP contribution is -2.22. The monoisotopic (exact) mass is 279 g/mol. The summed E-state index contributed by atoms with van der Waals surface area (Å²) in [4.78, 5) is 12.4. The SMILES string of the molecule is Cc1cccc(C)c1NC(=O)C1=Cc2ccccc2OC1. The van der Waals surface area contributed by atoms with Crippen LogP contribution in [0.1, 0.15) is 16.7 Å². The summed E-state index contributed by atoms with van der Waals surface area (Å²) in [6.45, 7) is 4.28. The van der Waals surface area contributed by atoms with E-state index in [9.17, 15) is 4.79 Å². The van der Waals surface area contributed by atoms with Crippen molar-refractivity contribution in [2.45, 2.75) is 13.8 Å². The highest BCUT2D eigenvalue weighted by atomic mass is 16.5. The summed E-state index contributed by atoms with van der Waals surface area (Å²) < 4.78 is 5.63. The van der Waals surface area contributed by atoms with Crippen molar-refractivity contribution in [3.05, 3.63) is 64.7 Å². The fourth-order valence-corrected chi connectivity index (χ4v) is 2.45. The fourth-order valence-electron chi connectivity index (χ4n) is 2.45. The molecule has 1 heterocycles. The van der Waals surface area contributed by atoms with Crippen LogP contribution in [0.5, 0.6) is 5.75 Å². The number of para-hydroxylation sites is 2. The molecule has 0 aromatic heterocycles. The molecule has 3 rings (SSSR count). The molecule has 0 saturated carbocycles. The molecule has 1 N–H and O–H groups in total. The number of nitrogens with one attached hydrogen (secondary N) is 1. The van der Waals surface area contributed by atoms with Crippen LogP contribution in [-0.4, -0.2) is 12.5 Å². The lowest BCUT2D eigenvalue weighted by molar-refractivity contribution is -0.113. The number of fused-ring (bicyclic) bond motifs is 1. The summed E-state index contributed by atoms with van der Waals surface area (Å²) in [6, 6.07) is 13.7. The molecular weight excluding hydrogens is 262 g/mol. The number of carbonyl (C=O) groups excluding carboxylic acids is 1. The largest absolute Gasteiger partial charge is 0.488 e. The molecule has 0 unspecified atom stereocenters. The number of ether oxygens (including phenoxy) is 1. The van der Waals surface area contributed by atoms with Gasteiger partial charge in [-0.2, -0.15) is 0 Å². The average molecular weight is 279 g/mol. The Bertz CT molecular complexity index is 711. The second-order valence-electron chi connectivity index (χ2n) is 5.22. The molecule has 2 aromatic rings. The first-order valence-electron chi connectivity index (χ1n) is 6.95. The lowest BCUT2D eigenvalue weighted by Gasteiger charge is -2.18. The smallest absolute Gasteiger partial charge is 0.255 e. The van der Waals surface area contributed by atoms with Gasteiger partial charge in [-0.05, 0) is 37.1 Å². The van der Waals surface area contributed by atoms with E-state index < -0.39 is 0 Å². The minimum absolute atomic E-state index is 0.109. The highest BCUT2D eigenvalue weighted by molar-refractivity contribution is 6.08. The summed E-state index contributed by atoms with van der Waals surface area (Å²) >= 11 is 0. The molecule has 3 heteroatoms. The van der Waals surface area contributed by atoms with E-state index in [-0.39, 0.29) is 5.91 Å². The second kappa shape index (κ2) is 5.44. The van der Waals surface area contributed by atoms with Crippen molar-refractivity contribution in [2.75, 3.05) is 11.9 Å². The number of hydrogen-bond donors (Lipinski definition) is 1. The zero-order valence-electron chi connectivity index (χ0n) is 12.1. The molecule has 0 atom stereocenters. The number of benzene rings is 2. The predicted octanol–water partition coefficient (Wildman–Crippen LogP) is 3.72. The fraction of sp³-hybridized carbons (Fsp3) is 0.167. The minimum Gasteiger partial charge on any atom is -0.488 e. The lowest BCUT2D eigenvalue weighted by atomic mass is 10.1. The van der Waals surface area contributed by atoms with Crippen LogP contribution in [0, 0.1) is 13.8 Å². The molecule has 0 fully saturated rings. The van der Waals surface area contributed by atoms with Gasteiger partial charge < -0.3 is 10.1 Å². The third kappa shape index (κ3) is 2.68. The van der Waals surface area contributed by atoms with Gasteiger partial charge in [-0.1, -0.05) is 36.4 Å². The maximum Gasteiger partial charge on any atom is 0.255 e. The van der Waals surface area contributed by atoms with Crippen LogP contribution in [0.25, 0.3) is 6.08 Å². The van der Waals surface area contributed by atoms with E-state index in [1.54, 1.807) is 0 Å². The molecule has 21 heavy (non-hydrogen) atoms. The maximum atomic E-state index is 12.4. The van der Waals surface area contributed by atoms with Crippen molar-refractivity contribution in [2.24, 2.45) is 0 Å². The zero-order chi connectivity index (χ0) is 14.8. The van der Waals surface area contributed by atoms with Crippen LogP contribution in [0.15, 0.2) is 48.0 Å². The van der Waals surface area contributed by atoms with Gasteiger partial charge in [-0.15, -0.1) is 0 Å². The molecule has 0 aliphatic carbocycles.